The molecule has 6 heteroatoms. The van der Waals surface area contributed by atoms with Gasteiger partial charge in [-0.2, -0.15) is 0 Å². The fourth-order valence-electron chi connectivity index (χ4n) is 2.29. The molecule has 1 atom stereocenters. The highest BCUT2D eigenvalue weighted by molar-refractivity contribution is 5.82. The van der Waals surface area contributed by atoms with Gasteiger partial charge in [0.15, 0.2) is 0 Å². The van der Waals surface area contributed by atoms with E-state index in [2.05, 4.69) is 9.97 Å². The molecule has 0 aromatic carbocycles. The van der Waals surface area contributed by atoms with Crippen molar-refractivity contribution in [1.82, 2.24) is 9.97 Å². The Kier molecular flexibility index (Phi) is 5.52. The molecular weight excluding hydrogens is 272 g/mol. The van der Waals surface area contributed by atoms with Crippen LogP contribution in [-0.4, -0.2) is 33.6 Å². The lowest BCUT2D eigenvalue weighted by Crippen LogP contribution is -2.41. The van der Waals surface area contributed by atoms with E-state index in [4.69, 9.17) is 4.74 Å². The fourth-order valence-corrected chi connectivity index (χ4v) is 2.29. The van der Waals surface area contributed by atoms with Crippen molar-refractivity contribution < 1.29 is 19.4 Å². The highest BCUT2D eigenvalue weighted by atomic mass is 16.5. The van der Waals surface area contributed by atoms with Crippen LogP contribution in [0.5, 0.6) is 0 Å². The van der Waals surface area contributed by atoms with E-state index in [9.17, 15) is 14.7 Å². The van der Waals surface area contributed by atoms with Crippen LogP contribution in [0.3, 0.4) is 0 Å². The second kappa shape index (κ2) is 6.74. The van der Waals surface area contributed by atoms with Crippen LogP contribution >= 0.6 is 0 Å². The first-order valence-electron chi connectivity index (χ1n) is 7.14. The number of imidazole rings is 1. The van der Waals surface area contributed by atoms with Gasteiger partial charge >= 0.3 is 11.9 Å². The number of nitrogens with zero attached hydrogens (tertiary/aromatic N) is 1. The zero-order valence-electron chi connectivity index (χ0n) is 13.1. The summed E-state index contributed by atoms with van der Waals surface area (Å²) in [5, 5.41) is 9.55. The Labute approximate surface area is 124 Å². The summed E-state index contributed by atoms with van der Waals surface area (Å²) in [5.74, 6) is -1.06. The minimum atomic E-state index is -1.27. The van der Waals surface area contributed by atoms with E-state index in [0.717, 1.165) is 12.8 Å². The summed E-state index contributed by atoms with van der Waals surface area (Å²) in [5.41, 5.74) is -2.18. The molecule has 21 heavy (non-hydrogen) atoms. The van der Waals surface area contributed by atoms with Gasteiger partial charge < -0.3 is 14.8 Å². The van der Waals surface area contributed by atoms with Crippen molar-refractivity contribution >= 4 is 11.9 Å². The molecule has 0 fully saturated rings. The van der Waals surface area contributed by atoms with Gasteiger partial charge in [0.25, 0.3) is 0 Å². The van der Waals surface area contributed by atoms with E-state index in [0.29, 0.717) is 12.4 Å². The molecule has 0 aliphatic heterocycles. The number of hydrogen-bond donors (Lipinski definition) is 2. The van der Waals surface area contributed by atoms with E-state index in [1.165, 1.54) is 6.20 Å². The van der Waals surface area contributed by atoms with E-state index < -0.39 is 16.8 Å². The van der Waals surface area contributed by atoms with Crippen molar-refractivity contribution in [2.75, 3.05) is 6.61 Å². The van der Waals surface area contributed by atoms with E-state index in [-0.39, 0.29) is 12.4 Å². The van der Waals surface area contributed by atoms with Crippen LogP contribution < -0.4 is 0 Å². The molecule has 1 unspecified atom stereocenters. The number of aromatic nitrogens is 2. The standard InChI is InChI=1S/C15H24N2O4/c1-5-6-9-21-13(20)14(2,3)10-15(4,12(18)19)11-16-7-8-17-11/h7-8H,5-6,9-10H2,1-4H3,(H,16,17)(H,18,19). The number of rotatable bonds is 8. The number of nitrogens with one attached hydrogen (secondary N) is 1. The molecular formula is C15H24N2O4. The number of aromatic amines is 1. The summed E-state index contributed by atoms with van der Waals surface area (Å²) in [6, 6.07) is 0. The normalized spacial score (nSPS) is 14.5. The predicted octanol–water partition coefficient (Wildman–Crippen LogP) is 2.51. The monoisotopic (exact) mass is 296 g/mol. The molecule has 0 aliphatic carbocycles. The Hall–Kier alpha value is -1.85. The Balaban J connectivity index is 2.88. The lowest BCUT2D eigenvalue weighted by atomic mass is 9.73. The molecule has 1 heterocycles. The summed E-state index contributed by atoms with van der Waals surface area (Å²) in [7, 11) is 0. The van der Waals surface area contributed by atoms with Crippen molar-refractivity contribution in [2.45, 2.75) is 52.4 Å². The van der Waals surface area contributed by atoms with Crippen LogP contribution in [0.25, 0.3) is 0 Å². The molecule has 1 rings (SSSR count). The van der Waals surface area contributed by atoms with Gasteiger partial charge in [0.1, 0.15) is 11.2 Å². The second-order valence-corrected chi connectivity index (χ2v) is 6.13. The van der Waals surface area contributed by atoms with Crippen molar-refractivity contribution in [2.24, 2.45) is 5.41 Å². The largest absolute Gasteiger partial charge is 0.480 e. The first-order chi connectivity index (χ1) is 9.74. The summed E-state index contributed by atoms with van der Waals surface area (Å²) < 4.78 is 5.23. The Morgan fingerprint density at radius 2 is 2.05 bits per heavy atom. The number of aliphatic carboxylic acids is 1. The Morgan fingerprint density at radius 1 is 1.38 bits per heavy atom. The van der Waals surface area contributed by atoms with Crippen molar-refractivity contribution in [3.8, 4) is 0 Å². The molecule has 2 N–H and O–H groups in total. The predicted molar refractivity (Wildman–Crippen MR) is 77.8 cm³/mol. The maximum atomic E-state index is 12.2. The summed E-state index contributed by atoms with van der Waals surface area (Å²) in [4.78, 5) is 30.7. The zero-order valence-corrected chi connectivity index (χ0v) is 13.1. The SMILES string of the molecule is CCCCOC(=O)C(C)(C)CC(C)(C(=O)O)c1ncc[nH]1. The number of H-pyrrole nitrogens is 1. The van der Waals surface area contributed by atoms with Crippen molar-refractivity contribution in [1.29, 1.82) is 0 Å². The number of hydrogen-bond acceptors (Lipinski definition) is 4. The van der Waals surface area contributed by atoms with Gasteiger partial charge in [0.2, 0.25) is 0 Å². The lowest BCUT2D eigenvalue weighted by Gasteiger charge is -2.31. The number of unbranched alkanes of at least 4 members (excludes halogenated alkanes) is 1. The third kappa shape index (κ3) is 4.06. The first-order valence-corrected chi connectivity index (χ1v) is 7.14. The Bertz CT molecular complexity index is 482. The van der Waals surface area contributed by atoms with Gasteiger partial charge in [-0.1, -0.05) is 13.3 Å². The number of esters is 1. The average molecular weight is 296 g/mol. The molecule has 1 aromatic rings. The summed E-state index contributed by atoms with van der Waals surface area (Å²) in [6.45, 7) is 7.34. The molecule has 0 aliphatic rings. The fraction of sp³-hybridized carbons (Fsp3) is 0.667. The van der Waals surface area contributed by atoms with Gasteiger partial charge in [0, 0.05) is 12.4 Å². The van der Waals surface area contributed by atoms with E-state index in [1.807, 2.05) is 6.92 Å². The first kappa shape index (κ1) is 17.2. The zero-order chi connectivity index (χ0) is 16.1. The molecule has 0 spiro atoms. The number of carboxylic acid groups (broad SMARTS) is 1. The number of carbonyl (C=O) groups is 2. The third-order valence-corrected chi connectivity index (χ3v) is 3.57. The van der Waals surface area contributed by atoms with Crippen LogP contribution in [0.4, 0.5) is 0 Å². The maximum absolute atomic E-state index is 12.2. The summed E-state index contributed by atoms with van der Waals surface area (Å²) in [6.07, 6.45) is 4.92. The lowest BCUT2D eigenvalue weighted by molar-refractivity contribution is -0.157. The van der Waals surface area contributed by atoms with Crippen molar-refractivity contribution in [3.63, 3.8) is 0 Å². The minimum Gasteiger partial charge on any atom is -0.480 e. The highest BCUT2D eigenvalue weighted by Gasteiger charge is 2.46. The number of ether oxygens (including phenoxy) is 1. The highest BCUT2D eigenvalue weighted by Crippen LogP contribution is 2.36. The number of carboxylic acids is 1. The van der Waals surface area contributed by atoms with Gasteiger partial charge in [-0.3, -0.25) is 9.59 Å². The molecule has 1 aromatic heterocycles. The second-order valence-electron chi connectivity index (χ2n) is 6.13. The van der Waals surface area contributed by atoms with Crippen LogP contribution in [-0.2, 0) is 19.7 Å². The van der Waals surface area contributed by atoms with Crippen LogP contribution in [0, 0.1) is 5.41 Å². The third-order valence-electron chi connectivity index (χ3n) is 3.57. The minimum absolute atomic E-state index is 0.105. The topological polar surface area (TPSA) is 92.3 Å². The Morgan fingerprint density at radius 3 is 2.52 bits per heavy atom. The van der Waals surface area contributed by atoms with Crippen LogP contribution in [0.2, 0.25) is 0 Å². The molecule has 0 saturated carbocycles. The molecule has 118 valence electrons. The molecule has 0 radical (unpaired) electrons. The van der Waals surface area contributed by atoms with Gasteiger partial charge in [-0.25, -0.2) is 4.98 Å². The van der Waals surface area contributed by atoms with Crippen LogP contribution in [0.1, 0.15) is 52.8 Å². The van der Waals surface area contributed by atoms with Crippen molar-refractivity contribution in [3.05, 3.63) is 18.2 Å². The van der Waals surface area contributed by atoms with E-state index >= 15 is 0 Å². The van der Waals surface area contributed by atoms with Gasteiger partial charge in [-0.05, 0) is 33.6 Å². The molecule has 6 nitrogen and oxygen atoms in total. The van der Waals surface area contributed by atoms with Crippen LogP contribution in [0.15, 0.2) is 12.4 Å². The smallest absolute Gasteiger partial charge is 0.317 e. The van der Waals surface area contributed by atoms with Gasteiger partial charge in [0.05, 0.1) is 12.0 Å². The molecule has 0 saturated heterocycles. The number of carbonyl (C=O) groups excluding carboxylic acids is 1. The maximum Gasteiger partial charge on any atom is 0.317 e. The quantitative estimate of drug-likeness (QED) is 0.568. The van der Waals surface area contributed by atoms with Gasteiger partial charge in [-0.15, -0.1) is 0 Å². The van der Waals surface area contributed by atoms with E-state index in [1.54, 1.807) is 27.0 Å². The molecule has 0 amide bonds. The summed E-state index contributed by atoms with van der Waals surface area (Å²) >= 11 is 0. The average Bonchev–Trinajstić information content (AvgIpc) is 2.92. The molecule has 0 bridgehead atoms.